The van der Waals surface area contributed by atoms with Gasteiger partial charge in [-0.25, -0.2) is 4.98 Å². The summed E-state index contributed by atoms with van der Waals surface area (Å²) in [7, 11) is 3.30. The minimum Gasteiger partial charge on any atom is -0.484 e. The maximum Gasteiger partial charge on any atom is 0.422 e. The molecule has 286 valence electrons. The number of hydrogen-bond acceptors (Lipinski definition) is 6. The quantitative estimate of drug-likeness (QED) is 0.139. The fourth-order valence-electron chi connectivity index (χ4n) is 6.14. The molecule has 1 saturated heterocycles. The first kappa shape index (κ1) is 40.1. The van der Waals surface area contributed by atoms with E-state index in [1.54, 1.807) is 52.9 Å². The minimum atomic E-state index is -4.51. The Morgan fingerprint density at radius 3 is 2.15 bits per heavy atom. The van der Waals surface area contributed by atoms with E-state index >= 15 is 0 Å². The van der Waals surface area contributed by atoms with Gasteiger partial charge in [0.2, 0.25) is 5.88 Å². The van der Waals surface area contributed by atoms with Gasteiger partial charge in [-0.3, -0.25) is 14.5 Å². The molecule has 0 aliphatic carbocycles. The number of aromatic nitrogens is 2. The Bertz CT molecular complexity index is 2110. The van der Waals surface area contributed by atoms with Crippen molar-refractivity contribution in [3.63, 3.8) is 0 Å². The third kappa shape index (κ3) is 9.34. The van der Waals surface area contributed by atoms with Crippen molar-refractivity contribution in [2.75, 3.05) is 44.7 Å². The SMILES string of the molecule is Br.Cc1cc(C(=O)N(C)c2ccc(Oc3ccc4cc(C(=O)N5CCN(Cc6ccc(OCC(F)(F)F)cc6)CC5)n(C)c4c3)nc2)ccc1C(F)(F)F. The van der Waals surface area contributed by atoms with Crippen LogP contribution >= 0.6 is 17.0 Å². The van der Waals surface area contributed by atoms with Crippen molar-refractivity contribution in [3.8, 4) is 17.4 Å². The lowest BCUT2D eigenvalue weighted by atomic mass is 10.0. The van der Waals surface area contributed by atoms with Crippen LogP contribution in [-0.2, 0) is 19.8 Å². The molecule has 2 amide bonds. The van der Waals surface area contributed by atoms with Crippen molar-refractivity contribution >= 4 is 45.4 Å². The zero-order chi connectivity index (χ0) is 38.1. The van der Waals surface area contributed by atoms with Crippen molar-refractivity contribution in [3.05, 3.63) is 113 Å². The second-order valence-corrected chi connectivity index (χ2v) is 12.8. The van der Waals surface area contributed by atoms with Gasteiger partial charge in [-0.2, -0.15) is 26.3 Å². The topological polar surface area (TPSA) is 80.1 Å². The molecule has 0 unspecified atom stereocenters. The molecule has 0 spiro atoms. The maximum absolute atomic E-state index is 13.6. The summed E-state index contributed by atoms with van der Waals surface area (Å²) in [6.07, 6.45) is -7.48. The van der Waals surface area contributed by atoms with Crippen molar-refractivity contribution in [1.82, 2.24) is 19.4 Å². The number of hydrogen-bond donors (Lipinski definition) is 0. The number of amides is 2. The van der Waals surface area contributed by atoms with E-state index in [0.29, 0.717) is 49.9 Å². The van der Waals surface area contributed by atoms with Crippen molar-refractivity contribution < 1.29 is 45.4 Å². The van der Waals surface area contributed by atoms with Crippen LogP contribution in [0.1, 0.15) is 37.5 Å². The predicted molar refractivity (Wildman–Crippen MR) is 196 cm³/mol. The number of carbonyl (C=O) groups excluding carboxylic acids is 2. The molecule has 3 heterocycles. The number of nitrogens with zero attached hydrogens (tertiary/aromatic N) is 5. The van der Waals surface area contributed by atoms with Gasteiger partial charge in [0.05, 0.1) is 23.0 Å². The van der Waals surface area contributed by atoms with E-state index in [9.17, 15) is 35.9 Å². The number of rotatable bonds is 9. The molecule has 9 nitrogen and oxygen atoms in total. The fourth-order valence-corrected chi connectivity index (χ4v) is 6.14. The van der Waals surface area contributed by atoms with Crippen molar-refractivity contribution in [2.45, 2.75) is 25.8 Å². The molecule has 2 aromatic heterocycles. The number of alkyl halides is 6. The van der Waals surface area contributed by atoms with Gasteiger partial charge in [0, 0.05) is 69.9 Å². The number of anilines is 1. The Morgan fingerprint density at radius 1 is 0.852 bits per heavy atom. The molecule has 0 saturated carbocycles. The molecule has 3 aromatic carbocycles. The second-order valence-electron chi connectivity index (χ2n) is 12.8. The third-order valence-corrected chi connectivity index (χ3v) is 9.04. The molecule has 1 aliphatic heterocycles. The molecule has 5 aromatic rings. The largest absolute Gasteiger partial charge is 0.484 e. The molecule has 16 heteroatoms. The average Bonchev–Trinajstić information content (AvgIpc) is 3.45. The van der Waals surface area contributed by atoms with Crippen LogP contribution in [0.15, 0.2) is 85.1 Å². The Morgan fingerprint density at radius 2 is 1.54 bits per heavy atom. The number of fused-ring (bicyclic) bond motifs is 1. The van der Waals surface area contributed by atoms with Crippen molar-refractivity contribution in [2.24, 2.45) is 7.05 Å². The van der Waals surface area contributed by atoms with Gasteiger partial charge in [0.15, 0.2) is 6.61 Å². The zero-order valence-corrected chi connectivity index (χ0v) is 31.1. The van der Waals surface area contributed by atoms with Crippen LogP contribution in [-0.4, -0.2) is 77.2 Å². The first-order valence-corrected chi connectivity index (χ1v) is 16.5. The van der Waals surface area contributed by atoms with E-state index in [1.807, 2.05) is 12.1 Å². The van der Waals surface area contributed by atoms with E-state index in [4.69, 9.17) is 9.47 Å². The number of aryl methyl sites for hydroxylation is 2. The summed E-state index contributed by atoms with van der Waals surface area (Å²) in [6.45, 7) is 2.83. The lowest BCUT2D eigenvalue weighted by Crippen LogP contribution is -2.48. The average molecular weight is 821 g/mol. The van der Waals surface area contributed by atoms with Gasteiger partial charge in [0.25, 0.3) is 11.8 Å². The highest BCUT2D eigenvalue weighted by Gasteiger charge is 2.33. The molecule has 0 atom stereocenters. The normalized spacial score (nSPS) is 13.8. The number of carbonyl (C=O) groups is 2. The monoisotopic (exact) mass is 819 g/mol. The highest BCUT2D eigenvalue weighted by molar-refractivity contribution is 8.93. The van der Waals surface area contributed by atoms with Crippen LogP contribution in [0.5, 0.6) is 17.4 Å². The lowest BCUT2D eigenvalue weighted by Gasteiger charge is -2.34. The molecular weight excluding hydrogens is 784 g/mol. The molecule has 6 rings (SSSR count). The predicted octanol–water partition coefficient (Wildman–Crippen LogP) is 8.45. The molecule has 0 radical (unpaired) electrons. The first-order valence-electron chi connectivity index (χ1n) is 16.5. The van der Waals surface area contributed by atoms with E-state index in [2.05, 4.69) is 9.88 Å². The molecule has 54 heavy (non-hydrogen) atoms. The van der Waals surface area contributed by atoms with Crippen molar-refractivity contribution in [1.29, 1.82) is 0 Å². The second kappa shape index (κ2) is 16.1. The van der Waals surface area contributed by atoms with Crippen LogP contribution in [0.2, 0.25) is 0 Å². The zero-order valence-electron chi connectivity index (χ0n) is 29.4. The standard InChI is InChI=1S/C38H35F6N5O4.BrH/c1-24-18-27(7-12-31(24)38(42,43)44)35(50)46(2)28-8-13-34(45-21-28)53-30-11-6-26-19-33(47(3)32(26)20-30)36(51)49-16-14-48(15-17-49)22-25-4-9-29(10-5-25)52-23-37(39,40)41;/h4-13,18-21H,14-17,22-23H2,1-3H3;1H. The van der Waals surface area contributed by atoms with E-state index in [1.165, 1.54) is 43.3 Å². The third-order valence-electron chi connectivity index (χ3n) is 9.04. The van der Waals surface area contributed by atoms with Gasteiger partial charge in [-0.05, 0) is 72.6 Å². The summed E-state index contributed by atoms with van der Waals surface area (Å²) in [4.78, 5) is 36.1. The van der Waals surface area contributed by atoms with Gasteiger partial charge in [0.1, 0.15) is 17.2 Å². The minimum absolute atomic E-state index is 0. The highest BCUT2D eigenvalue weighted by atomic mass is 79.9. The highest BCUT2D eigenvalue weighted by Crippen LogP contribution is 2.33. The summed E-state index contributed by atoms with van der Waals surface area (Å²) in [5, 5.41) is 0.839. The summed E-state index contributed by atoms with van der Waals surface area (Å²) in [5.41, 5.74) is 1.88. The Kier molecular flexibility index (Phi) is 12.0. The smallest absolute Gasteiger partial charge is 0.422 e. The van der Waals surface area contributed by atoms with Gasteiger partial charge < -0.3 is 23.8 Å². The molecular formula is C38H36BrF6N5O4. The Hall–Kier alpha value is -5.09. The molecule has 1 aliphatic rings. The van der Waals surface area contributed by atoms with Crippen LogP contribution in [0.3, 0.4) is 0 Å². The van der Waals surface area contributed by atoms with Crippen LogP contribution in [0.4, 0.5) is 32.0 Å². The lowest BCUT2D eigenvalue weighted by molar-refractivity contribution is -0.153. The van der Waals surface area contributed by atoms with E-state index in [-0.39, 0.29) is 45.6 Å². The fraction of sp³-hybridized carbons (Fsp3) is 0.289. The molecule has 0 N–H and O–H groups in total. The number of pyridine rings is 1. The maximum atomic E-state index is 13.6. The first-order chi connectivity index (χ1) is 25.1. The van der Waals surface area contributed by atoms with Gasteiger partial charge >= 0.3 is 12.4 Å². The summed E-state index contributed by atoms with van der Waals surface area (Å²) in [6, 6.07) is 20.2. The number of benzene rings is 3. The van der Waals surface area contributed by atoms with Gasteiger partial charge in [-0.15, -0.1) is 17.0 Å². The molecule has 1 fully saturated rings. The number of halogens is 7. The summed E-state index contributed by atoms with van der Waals surface area (Å²) >= 11 is 0. The van der Waals surface area contributed by atoms with Crippen LogP contribution < -0.4 is 14.4 Å². The Labute approximate surface area is 317 Å². The number of piperazine rings is 1. The summed E-state index contributed by atoms with van der Waals surface area (Å²) in [5.74, 6) is 0.255. The van der Waals surface area contributed by atoms with Gasteiger partial charge in [-0.1, -0.05) is 12.1 Å². The van der Waals surface area contributed by atoms with E-state index < -0.39 is 30.4 Å². The molecule has 0 bridgehead atoms. The van der Waals surface area contributed by atoms with Crippen LogP contribution in [0.25, 0.3) is 10.9 Å². The summed E-state index contributed by atoms with van der Waals surface area (Å²) < 4.78 is 89.2. The van der Waals surface area contributed by atoms with Crippen LogP contribution in [0, 0.1) is 6.92 Å². The van der Waals surface area contributed by atoms with E-state index in [0.717, 1.165) is 28.6 Å². The Balaban J connectivity index is 0.00000561. The number of ether oxygens (including phenoxy) is 2.